The molecule has 1 heterocycles. The molecule has 0 aromatic rings. The van der Waals surface area contributed by atoms with Crippen molar-refractivity contribution in [3.05, 3.63) is 11.6 Å². The summed E-state index contributed by atoms with van der Waals surface area (Å²) < 4.78 is 37.0. The number of carboxylic acid groups (broad SMARTS) is 1. The highest BCUT2D eigenvalue weighted by Crippen LogP contribution is 2.29. The van der Waals surface area contributed by atoms with E-state index in [2.05, 4.69) is 5.32 Å². The zero-order valence-electron chi connectivity index (χ0n) is 9.62. The van der Waals surface area contributed by atoms with Gasteiger partial charge in [-0.1, -0.05) is 6.08 Å². The van der Waals surface area contributed by atoms with Crippen LogP contribution in [0.25, 0.3) is 0 Å². The normalized spacial score (nSPS) is 18.0. The fourth-order valence-corrected chi connectivity index (χ4v) is 1.45. The largest absolute Gasteiger partial charge is 0.480 e. The molecule has 1 aliphatic rings. The number of hydrogen-bond acceptors (Lipinski definition) is 2. The Hall–Kier alpha value is -1.73. The third-order valence-electron chi connectivity index (χ3n) is 2.57. The molecule has 0 spiro atoms. The summed E-state index contributed by atoms with van der Waals surface area (Å²) in [5.74, 6) is -1.20. The van der Waals surface area contributed by atoms with Gasteiger partial charge in [0.15, 0.2) is 0 Å². The number of hydrogen-bond donors (Lipinski definition) is 2. The molecule has 1 aliphatic heterocycles. The van der Waals surface area contributed by atoms with Crippen molar-refractivity contribution >= 4 is 12.0 Å². The van der Waals surface area contributed by atoms with Gasteiger partial charge in [0.25, 0.3) is 0 Å². The van der Waals surface area contributed by atoms with Crippen LogP contribution in [-0.2, 0) is 4.79 Å². The van der Waals surface area contributed by atoms with E-state index < -0.39 is 29.8 Å². The minimum Gasteiger partial charge on any atom is -0.480 e. The molecule has 0 fully saturated rings. The van der Waals surface area contributed by atoms with E-state index in [0.29, 0.717) is 0 Å². The van der Waals surface area contributed by atoms with Crippen molar-refractivity contribution in [1.29, 1.82) is 0 Å². The summed E-state index contributed by atoms with van der Waals surface area (Å²) in [6.07, 6.45) is -3.70. The van der Waals surface area contributed by atoms with E-state index in [4.69, 9.17) is 5.11 Å². The molecule has 0 aliphatic carbocycles. The van der Waals surface area contributed by atoms with E-state index in [1.54, 1.807) is 0 Å². The molecule has 1 rings (SSSR count). The monoisotopic (exact) mass is 266 g/mol. The van der Waals surface area contributed by atoms with Gasteiger partial charge in [-0.15, -0.1) is 0 Å². The Balaban J connectivity index is 2.55. The van der Waals surface area contributed by atoms with E-state index in [1.165, 1.54) is 6.92 Å². The maximum Gasteiger partial charge on any atom is 0.412 e. The fraction of sp³-hybridized carbons (Fsp3) is 0.600. The molecule has 102 valence electrons. The summed E-state index contributed by atoms with van der Waals surface area (Å²) in [5, 5.41) is 10.8. The van der Waals surface area contributed by atoms with Crippen LogP contribution in [0.5, 0.6) is 0 Å². The molecular formula is C10H13F3N2O3. The van der Waals surface area contributed by atoms with Crippen LogP contribution in [0.1, 0.15) is 13.3 Å². The first-order valence-electron chi connectivity index (χ1n) is 5.26. The van der Waals surface area contributed by atoms with Crippen molar-refractivity contribution in [2.24, 2.45) is 0 Å². The Morgan fingerprint density at radius 1 is 1.50 bits per heavy atom. The number of carboxylic acids is 1. The number of nitrogens with one attached hydrogen (secondary N) is 1. The molecule has 2 amide bonds. The number of urea groups is 1. The van der Waals surface area contributed by atoms with Crippen LogP contribution < -0.4 is 5.32 Å². The van der Waals surface area contributed by atoms with Crippen LogP contribution in [0.3, 0.4) is 0 Å². The third-order valence-corrected chi connectivity index (χ3v) is 2.57. The van der Waals surface area contributed by atoms with Crippen LogP contribution in [0.2, 0.25) is 0 Å². The van der Waals surface area contributed by atoms with Gasteiger partial charge in [-0.2, -0.15) is 13.2 Å². The van der Waals surface area contributed by atoms with E-state index in [0.717, 1.165) is 11.0 Å². The highest BCUT2D eigenvalue weighted by Gasteiger charge is 2.35. The first-order chi connectivity index (χ1) is 8.21. The molecule has 0 saturated heterocycles. The molecule has 5 nitrogen and oxygen atoms in total. The number of alkyl halides is 3. The van der Waals surface area contributed by atoms with Crippen molar-refractivity contribution < 1.29 is 27.9 Å². The molecule has 0 radical (unpaired) electrons. The van der Waals surface area contributed by atoms with Gasteiger partial charge < -0.3 is 15.3 Å². The predicted octanol–water partition coefficient (Wildman–Crippen LogP) is 1.36. The molecule has 0 aromatic heterocycles. The number of rotatable bonds is 2. The second kappa shape index (κ2) is 5.28. The van der Waals surface area contributed by atoms with Crippen LogP contribution in [0, 0.1) is 0 Å². The molecule has 2 N–H and O–H groups in total. The van der Waals surface area contributed by atoms with Crippen molar-refractivity contribution in [2.45, 2.75) is 25.6 Å². The highest BCUT2D eigenvalue weighted by molar-refractivity contribution is 5.82. The lowest BCUT2D eigenvalue weighted by atomic mass is 10.1. The Morgan fingerprint density at radius 3 is 2.50 bits per heavy atom. The Bertz CT molecular complexity index is 379. The lowest BCUT2D eigenvalue weighted by Gasteiger charge is -2.28. The predicted molar refractivity (Wildman–Crippen MR) is 56.0 cm³/mol. The SMILES string of the molecule is C[C@H](NC(=O)N1CC=C(C(F)(F)F)CC1)C(=O)O. The maximum atomic E-state index is 12.3. The summed E-state index contributed by atoms with van der Waals surface area (Å²) in [6.45, 7) is 1.03. The molecular weight excluding hydrogens is 253 g/mol. The topological polar surface area (TPSA) is 69.6 Å². The average molecular weight is 266 g/mol. The smallest absolute Gasteiger partial charge is 0.412 e. The molecule has 18 heavy (non-hydrogen) atoms. The Kier molecular flexibility index (Phi) is 4.20. The van der Waals surface area contributed by atoms with E-state index in [-0.39, 0.29) is 19.5 Å². The van der Waals surface area contributed by atoms with Crippen LogP contribution >= 0.6 is 0 Å². The number of carbonyl (C=O) groups excluding carboxylic acids is 1. The molecule has 1 atom stereocenters. The Labute approximate surface area is 101 Å². The third kappa shape index (κ3) is 3.64. The minimum atomic E-state index is -4.36. The van der Waals surface area contributed by atoms with Gasteiger partial charge in [0, 0.05) is 18.7 Å². The van der Waals surface area contributed by atoms with E-state index >= 15 is 0 Å². The molecule has 0 unspecified atom stereocenters. The summed E-state index contributed by atoms with van der Waals surface area (Å²) in [7, 11) is 0. The number of aliphatic carboxylic acids is 1. The summed E-state index contributed by atoms with van der Waals surface area (Å²) in [4.78, 5) is 23.2. The number of halogens is 3. The van der Waals surface area contributed by atoms with Crippen molar-refractivity contribution in [1.82, 2.24) is 10.2 Å². The van der Waals surface area contributed by atoms with Gasteiger partial charge in [0.1, 0.15) is 6.04 Å². The van der Waals surface area contributed by atoms with Crippen LogP contribution in [0.15, 0.2) is 11.6 Å². The second-order valence-electron chi connectivity index (χ2n) is 3.93. The second-order valence-corrected chi connectivity index (χ2v) is 3.93. The zero-order chi connectivity index (χ0) is 13.9. The minimum absolute atomic E-state index is 0.0798. The van der Waals surface area contributed by atoms with Gasteiger partial charge in [0.2, 0.25) is 0 Å². The average Bonchev–Trinajstić information content (AvgIpc) is 2.27. The zero-order valence-corrected chi connectivity index (χ0v) is 9.62. The van der Waals surface area contributed by atoms with Crippen molar-refractivity contribution in [3.8, 4) is 0 Å². The highest BCUT2D eigenvalue weighted by atomic mass is 19.4. The van der Waals surface area contributed by atoms with Crippen molar-refractivity contribution in [2.75, 3.05) is 13.1 Å². The van der Waals surface area contributed by atoms with Crippen molar-refractivity contribution in [3.63, 3.8) is 0 Å². The fourth-order valence-electron chi connectivity index (χ4n) is 1.45. The number of amides is 2. The molecule has 0 bridgehead atoms. The van der Waals surface area contributed by atoms with E-state index in [1.807, 2.05) is 0 Å². The van der Waals surface area contributed by atoms with Gasteiger partial charge in [-0.25, -0.2) is 4.79 Å². The lowest BCUT2D eigenvalue weighted by Crippen LogP contribution is -2.48. The Morgan fingerprint density at radius 2 is 2.11 bits per heavy atom. The maximum absolute atomic E-state index is 12.3. The van der Waals surface area contributed by atoms with Gasteiger partial charge in [0.05, 0.1) is 0 Å². The van der Waals surface area contributed by atoms with Gasteiger partial charge in [-0.3, -0.25) is 4.79 Å². The standard InChI is InChI=1S/C10H13F3N2O3/c1-6(8(16)17)14-9(18)15-4-2-7(3-5-15)10(11,12)13/h2,6H,3-5H2,1H3,(H,14,18)(H,16,17)/t6-/m0/s1. The molecule has 0 aromatic carbocycles. The van der Waals surface area contributed by atoms with Gasteiger partial charge in [-0.05, 0) is 13.3 Å². The summed E-state index contributed by atoms with van der Waals surface area (Å²) in [6, 6.07) is -1.76. The first-order valence-corrected chi connectivity index (χ1v) is 5.26. The molecule has 0 saturated carbocycles. The number of carbonyl (C=O) groups is 2. The summed E-state index contributed by atoms with van der Waals surface area (Å²) >= 11 is 0. The number of nitrogens with zero attached hydrogens (tertiary/aromatic N) is 1. The molecule has 8 heteroatoms. The lowest BCUT2D eigenvalue weighted by molar-refractivity contribution is -0.138. The van der Waals surface area contributed by atoms with Gasteiger partial charge >= 0.3 is 18.2 Å². The first kappa shape index (κ1) is 14.3. The summed E-state index contributed by atoms with van der Waals surface area (Å²) in [5.41, 5.74) is -0.655. The van der Waals surface area contributed by atoms with E-state index in [9.17, 15) is 22.8 Å². The van der Waals surface area contributed by atoms with Crippen LogP contribution in [-0.4, -0.2) is 47.3 Å². The van der Waals surface area contributed by atoms with Crippen LogP contribution in [0.4, 0.5) is 18.0 Å². The quantitative estimate of drug-likeness (QED) is 0.741.